The molecule has 1 atom stereocenters. The second-order valence-electron chi connectivity index (χ2n) is 6.77. The van der Waals surface area contributed by atoms with Gasteiger partial charge in [0.15, 0.2) is 22.9 Å². The van der Waals surface area contributed by atoms with Crippen molar-refractivity contribution < 1.29 is 28.1 Å². The van der Waals surface area contributed by atoms with Gasteiger partial charge in [-0.2, -0.15) is 0 Å². The number of Topliss-reactive ketones (excluding diaryl/α,β-unsaturated/α-hetero) is 1. The maximum absolute atomic E-state index is 13.1. The molecule has 1 aliphatic heterocycles. The maximum atomic E-state index is 13.1. The van der Waals surface area contributed by atoms with Gasteiger partial charge in [-0.3, -0.25) is 4.79 Å². The van der Waals surface area contributed by atoms with Gasteiger partial charge in [-0.1, -0.05) is 6.08 Å². The molecule has 0 N–H and O–H groups in total. The number of methoxy groups -OCH3 is 3. The van der Waals surface area contributed by atoms with Crippen molar-refractivity contribution in [3.05, 3.63) is 53.1 Å². The Morgan fingerprint density at radius 2 is 1.75 bits per heavy atom. The van der Waals surface area contributed by atoms with Crippen molar-refractivity contribution in [2.45, 2.75) is 18.9 Å². The molecule has 0 saturated carbocycles. The molecule has 148 valence electrons. The number of hydrogen-bond acceptors (Lipinski definition) is 5. The monoisotopic (exact) mass is 385 g/mol. The Balaban J connectivity index is 1.85. The van der Waals surface area contributed by atoms with E-state index in [9.17, 15) is 9.18 Å². The van der Waals surface area contributed by atoms with Gasteiger partial charge in [0.25, 0.3) is 0 Å². The molecule has 28 heavy (non-hydrogen) atoms. The number of fused-ring (bicyclic) bond motifs is 1. The number of ether oxygens (including phenoxy) is 4. The van der Waals surface area contributed by atoms with Crippen LogP contribution in [-0.2, 0) is 6.42 Å². The van der Waals surface area contributed by atoms with Crippen LogP contribution < -0.4 is 18.9 Å². The zero-order valence-electron chi connectivity index (χ0n) is 16.4. The number of halogens is 1. The van der Waals surface area contributed by atoms with E-state index in [0.29, 0.717) is 28.6 Å². The largest absolute Gasteiger partial charge is 0.493 e. The van der Waals surface area contributed by atoms with Crippen LogP contribution in [-0.4, -0.2) is 39.4 Å². The predicted molar refractivity (Wildman–Crippen MR) is 105 cm³/mol. The van der Waals surface area contributed by atoms with Gasteiger partial charge in [0, 0.05) is 17.5 Å². The number of benzene rings is 2. The van der Waals surface area contributed by atoms with Crippen LogP contribution >= 0.6 is 0 Å². The van der Waals surface area contributed by atoms with Crippen LogP contribution in [0.1, 0.15) is 28.4 Å². The van der Waals surface area contributed by atoms with Crippen LogP contribution in [0.5, 0.6) is 23.0 Å². The third-order valence-corrected chi connectivity index (χ3v) is 4.64. The molecule has 5 nitrogen and oxygen atoms in total. The SMILES string of the molecule is COc1cc(CC(=O)c2ccc3c(c2)C=CC(C)(C[18F])O3)cc(OC)c1OC. The standard InChI is InChI=1S/C22H23FO5/c1-22(13-23)8-7-16-12-15(5-6-18(16)28-22)17(24)9-14-10-19(25-2)21(27-4)20(11-14)26-3/h5-8,10-12H,9,13H2,1-4H3/i23-1. The van der Waals surface area contributed by atoms with Crippen molar-refractivity contribution in [3.8, 4) is 23.0 Å². The summed E-state index contributed by atoms with van der Waals surface area (Å²) in [5.41, 5.74) is 1.08. The van der Waals surface area contributed by atoms with E-state index in [1.807, 2.05) is 0 Å². The smallest absolute Gasteiger partial charge is 0.203 e. The van der Waals surface area contributed by atoms with Gasteiger partial charge in [-0.15, -0.1) is 0 Å². The van der Waals surface area contributed by atoms with Gasteiger partial charge in [0.05, 0.1) is 21.3 Å². The molecule has 6 heteroatoms. The number of hydrogen-bond donors (Lipinski definition) is 0. The predicted octanol–water partition coefficient (Wildman–Crippen LogP) is 4.27. The van der Waals surface area contributed by atoms with Crippen LogP contribution in [0.15, 0.2) is 36.4 Å². The van der Waals surface area contributed by atoms with E-state index in [-0.39, 0.29) is 12.2 Å². The summed E-state index contributed by atoms with van der Waals surface area (Å²) in [5.74, 6) is 1.97. The quantitative estimate of drug-likeness (QED) is 0.666. The van der Waals surface area contributed by atoms with Crippen LogP contribution in [0.3, 0.4) is 0 Å². The van der Waals surface area contributed by atoms with Gasteiger partial charge >= 0.3 is 0 Å². The first kappa shape index (κ1) is 19.7. The first-order chi connectivity index (χ1) is 13.4. The number of carbonyl (C=O) groups is 1. The van der Waals surface area contributed by atoms with E-state index >= 15 is 0 Å². The molecule has 0 amide bonds. The Bertz CT molecular complexity index is 896. The van der Waals surface area contributed by atoms with Gasteiger partial charge in [-0.25, -0.2) is 4.39 Å². The summed E-state index contributed by atoms with van der Waals surface area (Å²) in [7, 11) is 4.59. The minimum Gasteiger partial charge on any atom is -0.493 e. The summed E-state index contributed by atoms with van der Waals surface area (Å²) < 4.78 is 34.8. The fraction of sp³-hybridized carbons (Fsp3) is 0.318. The molecule has 1 heterocycles. The zero-order chi connectivity index (χ0) is 20.3. The van der Waals surface area contributed by atoms with Crippen LogP contribution in [0.4, 0.5) is 4.39 Å². The van der Waals surface area contributed by atoms with Gasteiger partial charge < -0.3 is 18.9 Å². The van der Waals surface area contributed by atoms with E-state index in [4.69, 9.17) is 18.9 Å². The van der Waals surface area contributed by atoms with Gasteiger partial charge in [0.1, 0.15) is 12.4 Å². The highest BCUT2D eigenvalue weighted by molar-refractivity contribution is 5.98. The number of carbonyl (C=O) groups excluding carboxylic acids is 1. The maximum Gasteiger partial charge on any atom is 0.203 e. The second-order valence-corrected chi connectivity index (χ2v) is 6.77. The van der Waals surface area contributed by atoms with Crippen molar-refractivity contribution in [3.63, 3.8) is 0 Å². The van der Waals surface area contributed by atoms with E-state index in [0.717, 1.165) is 11.1 Å². The molecule has 0 aromatic heterocycles. The van der Waals surface area contributed by atoms with Crippen molar-refractivity contribution in [1.29, 1.82) is 0 Å². The van der Waals surface area contributed by atoms with Gasteiger partial charge in [-0.05, 0) is 48.9 Å². The molecule has 0 spiro atoms. The number of ketones is 1. The van der Waals surface area contributed by atoms with E-state index in [2.05, 4.69) is 0 Å². The molecule has 1 aliphatic rings. The lowest BCUT2D eigenvalue weighted by molar-refractivity contribution is 0.0991. The van der Waals surface area contributed by atoms with Crippen molar-refractivity contribution in [1.82, 2.24) is 0 Å². The minimum absolute atomic E-state index is 0.0655. The Kier molecular flexibility index (Phi) is 5.58. The lowest BCUT2D eigenvalue weighted by Crippen LogP contribution is -2.34. The zero-order valence-corrected chi connectivity index (χ0v) is 16.4. The summed E-state index contributed by atoms with van der Waals surface area (Å²) in [5, 5.41) is 0. The Hall–Kier alpha value is -3.02. The molecular formula is C22H23FO5. The highest BCUT2D eigenvalue weighted by Crippen LogP contribution is 2.38. The molecule has 2 aromatic carbocycles. The molecule has 0 bridgehead atoms. The first-order valence-corrected chi connectivity index (χ1v) is 8.83. The van der Waals surface area contributed by atoms with E-state index in [1.165, 1.54) is 21.3 Å². The highest BCUT2D eigenvalue weighted by atomic mass is 18.2. The Morgan fingerprint density at radius 1 is 1.07 bits per heavy atom. The van der Waals surface area contributed by atoms with Crippen LogP contribution in [0, 0.1) is 0 Å². The van der Waals surface area contributed by atoms with Crippen LogP contribution in [0.2, 0.25) is 0 Å². The van der Waals surface area contributed by atoms with Crippen molar-refractivity contribution in [2.24, 2.45) is 0 Å². The second kappa shape index (κ2) is 7.92. The van der Waals surface area contributed by atoms with Gasteiger partial charge in [0.2, 0.25) is 5.75 Å². The average molecular weight is 385 g/mol. The Labute approximate surface area is 163 Å². The normalized spacial score (nSPS) is 17.5. The molecule has 0 aliphatic carbocycles. The summed E-state index contributed by atoms with van der Waals surface area (Å²) >= 11 is 0. The van der Waals surface area contributed by atoms with Crippen molar-refractivity contribution >= 4 is 11.9 Å². The third kappa shape index (κ3) is 3.81. The topological polar surface area (TPSA) is 54.0 Å². The molecule has 0 saturated heterocycles. The third-order valence-electron chi connectivity index (χ3n) is 4.64. The van der Waals surface area contributed by atoms with Crippen molar-refractivity contribution in [2.75, 3.05) is 28.0 Å². The number of rotatable bonds is 7. The summed E-state index contributed by atoms with van der Waals surface area (Å²) in [6, 6.07) is 8.66. The van der Waals surface area contributed by atoms with E-state index < -0.39 is 12.3 Å². The highest BCUT2D eigenvalue weighted by Gasteiger charge is 2.27. The molecular weight excluding hydrogens is 362 g/mol. The fourth-order valence-electron chi connectivity index (χ4n) is 3.09. The summed E-state index contributed by atoms with van der Waals surface area (Å²) in [6.45, 7) is 1.06. The number of alkyl halides is 1. The van der Waals surface area contributed by atoms with Crippen LogP contribution in [0.25, 0.3) is 6.08 Å². The molecule has 0 radical (unpaired) electrons. The summed E-state index contributed by atoms with van der Waals surface area (Å²) in [6.07, 6.45) is 3.62. The Morgan fingerprint density at radius 3 is 2.32 bits per heavy atom. The first-order valence-electron chi connectivity index (χ1n) is 8.83. The molecule has 1 unspecified atom stereocenters. The van der Waals surface area contributed by atoms with E-state index in [1.54, 1.807) is 49.4 Å². The fourth-order valence-corrected chi connectivity index (χ4v) is 3.09. The molecule has 0 fully saturated rings. The lowest BCUT2D eigenvalue weighted by atomic mass is 9.97. The molecule has 2 aromatic rings. The molecule has 3 rings (SSSR count). The summed E-state index contributed by atoms with van der Waals surface area (Å²) in [4.78, 5) is 12.8. The lowest BCUT2D eigenvalue weighted by Gasteiger charge is -2.29. The average Bonchev–Trinajstić information content (AvgIpc) is 2.72. The minimum atomic E-state index is -0.964.